The highest BCUT2D eigenvalue weighted by Gasteiger charge is 2.21. The van der Waals surface area contributed by atoms with Gasteiger partial charge in [0.2, 0.25) is 0 Å². The second-order valence-electron chi connectivity index (χ2n) is 14.7. The molecule has 58 heavy (non-hydrogen) atoms. The minimum atomic E-state index is 1.08. The normalized spacial score (nSPS) is 11.5. The molecule has 8 aromatic carbocycles. The molecular weight excluding hydrogens is 703 g/mol. The van der Waals surface area contributed by atoms with E-state index in [0.29, 0.717) is 0 Å². The van der Waals surface area contributed by atoms with Gasteiger partial charge >= 0.3 is 0 Å². The van der Waals surface area contributed by atoms with E-state index < -0.39 is 0 Å². The van der Waals surface area contributed by atoms with Gasteiger partial charge in [-0.1, -0.05) is 152 Å². The molecule has 0 unspecified atom stereocenters. The van der Waals surface area contributed by atoms with E-state index in [1.807, 2.05) is 12.2 Å². The lowest BCUT2D eigenvalue weighted by atomic mass is 9.99. The maximum absolute atomic E-state index is 3.96. The molecule has 10 rings (SSSR count). The van der Waals surface area contributed by atoms with Crippen LogP contribution in [0.25, 0.3) is 72.4 Å². The van der Waals surface area contributed by atoms with Crippen molar-refractivity contribution >= 4 is 55.8 Å². The predicted molar refractivity (Wildman–Crippen MR) is 247 cm³/mol. The summed E-state index contributed by atoms with van der Waals surface area (Å²) in [4.78, 5) is 2.42. The van der Waals surface area contributed by atoms with E-state index in [1.54, 1.807) is 0 Å². The van der Waals surface area contributed by atoms with Crippen LogP contribution in [0.5, 0.6) is 0 Å². The van der Waals surface area contributed by atoms with E-state index in [-0.39, 0.29) is 0 Å². The van der Waals surface area contributed by atoms with Crippen LogP contribution in [0.15, 0.2) is 219 Å². The molecule has 2 aromatic heterocycles. The van der Waals surface area contributed by atoms with Crippen LogP contribution in [0.3, 0.4) is 0 Å². The fourth-order valence-corrected chi connectivity index (χ4v) is 8.58. The number of aryl methyl sites for hydroxylation is 1. The maximum atomic E-state index is 3.96. The quantitative estimate of drug-likeness (QED) is 0.134. The van der Waals surface area contributed by atoms with Crippen molar-refractivity contribution in [2.75, 3.05) is 4.90 Å². The minimum Gasteiger partial charge on any atom is -0.310 e. The monoisotopic (exact) mass is 743 g/mol. The number of fused-ring (bicyclic) bond motifs is 4. The fourth-order valence-electron chi connectivity index (χ4n) is 8.58. The standard InChI is InChI=1S/C55H41N3/c1-3-4-26-51-39(2)47-35-31-42(37-54(47)57(51)43-20-10-6-11-21-43)48-24-14-16-27-52(48)56(45-32-29-41(30-33-45)40-18-8-5-9-19-40)46-34-36-50-49-25-15-17-28-53(49)58(55(50)38-46)44-22-12-7-13-23-44/h3-38H,1H2,2H3/b26-4-. The molecule has 0 spiro atoms. The zero-order valence-corrected chi connectivity index (χ0v) is 32.3. The highest BCUT2D eigenvalue weighted by molar-refractivity contribution is 6.10. The van der Waals surface area contributed by atoms with Gasteiger partial charge < -0.3 is 14.0 Å². The molecule has 0 N–H and O–H groups in total. The third-order valence-electron chi connectivity index (χ3n) is 11.3. The molecule has 0 amide bonds. The van der Waals surface area contributed by atoms with Crippen LogP contribution in [-0.4, -0.2) is 9.13 Å². The zero-order valence-electron chi connectivity index (χ0n) is 32.3. The summed E-state index contributed by atoms with van der Waals surface area (Å²) in [5, 5.41) is 3.68. The van der Waals surface area contributed by atoms with Gasteiger partial charge in [0.15, 0.2) is 0 Å². The van der Waals surface area contributed by atoms with Gasteiger partial charge in [0.25, 0.3) is 0 Å². The molecule has 0 fully saturated rings. The third kappa shape index (κ3) is 6.01. The lowest BCUT2D eigenvalue weighted by Gasteiger charge is -2.28. The molecule has 0 atom stereocenters. The number of para-hydroxylation sites is 4. The van der Waals surface area contributed by atoms with Gasteiger partial charge in [-0.2, -0.15) is 0 Å². The van der Waals surface area contributed by atoms with Gasteiger partial charge in [0.1, 0.15) is 0 Å². The Labute approximate surface area is 339 Å². The van der Waals surface area contributed by atoms with Crippen molar-refractivity contribution in [3.63, 3.8) is 0 Å². The second kappa shape index (κ2) is 14.8. The Hall–Kier alpha value is -7.62. The largest absolute Gasteiger partial charge is 0.310 e. The van der Waals surface area contributed by atoms with Gasteiger partial charge in [-0.05, 0) is 102 Å². The Morgan fingerprint density at radius 1 is 0.448 bits per heavy atom. The molecule has 0 aliphatic rings. The molecule has 10 aromatic rings. The number of rotatable bonds is 9. The average Bonchev–Trinajstić information content (AvgIpc) is 3.77. The molecule has 0 radical (unpaired) electrons. The second-order valence-corrected chi connectivity index (χ2v) is 14.7. The number of allylic oxidation sites excluding steroid dienone is 2. The number of nitrogens with zero attached hydrogens (tertiary/aromatic N) is 3. The number of hydrogen-bond donors (Lipinski definition) is 0. The lowest BCUT2D eigenvalue weighted by Crippen LogP contribution is -2.11. The molecule has 0 aliphatic carbocycles. The van der Waals surface area contributed by atoms with E-state index in [0.717, 1.165) is 56.3 Å². The molecule has 3 heteroatoms. The van der Waals surface area contributed by atoms with Gasteiger partial charge in [-0.3, -0.25) is 0 Å². The molecule has 2 heterocycles. The van der Waals surface area contributed by atoms with Crippen LogP contribution >= 0.6 is 0 Å². The number of aromatic nitrogens is 2. The molecule has 276 valence electrons. The summed E-state index contributed by atoms with van der Waals surface area (Å²) < 4.78 is 4.76. The van der Waals surface area contributed by atoms with Gasteiger partial charge in [-0.25, -0.2) is 0 Å². The first kappa shape index (κ1) is 34.8. The van der Waals surface area contributed by atoms with Gasteiger partial charge in [0.05, 0.1) is 22.2 Å². The van der Waals surface area contributed by atoms with E-state index in [9.17, 15) is 0 Å². The van der Waals surface area contributed by atoms with E-state index in [1.165, 1.54) is 38.4 Å². The van der Waals surface area contributed by atoms with Crippen LogP contribution < -0.4 is 4.90 Å². The summed E-state index contributed by atoms with van der Waals surface area (Å²) in [5.74, 6) is 0. The minimum absolute atomic E-state index is 1.08. The number of anilines is 3. The van der Waals surface area contributed by atoms with E-state index in [4.69, 9.17) is 0 Å². The van der Waals surface area contributed by atoms with Gasteiger partial charge in [0, 0.05) is 50.2 Å². The summed E-state index contributed by atoms with van der Waals surface area (Å²) >= 11 is 0. The molecule has 0 aliphatic heterocycles. The van der Waals surface area contributed by atoms with Crippen molar-refractivity contribution in [2.24, 2.45) is 0 Å². The van der Waals surface area contributed by atoms with Gasteiger partial charge in [-0.15, -0.1) is 0 Å². The molecule has 0 bridgehead atoms. The topological polar surface area (TPSA) is 13.1 Å². The summed E-state index contributed by atoms with van der Waals surface area (Å²) in [6.07, 6.45) is 6.02. The van der Waals surface area contributed by atoms with Crippen LogP contribution in [0.2, 0.25) is 0 Å². The SMILES string of the molecule is C=C/C=C\c1c(C)c2ccc(-c3ccccc3N(c3ccc(-c4ccccc4)cc3)c3ccc4c5ccccc5n(-c5ccccc5)c4c3)cc2n1-c1ccccc1. The summed E-state index contributed by atoms with van der Waals surface area (Å²) in [6, 6.07) is 72.2. The molecule has 0 saturated heterocycles. The van der Waals surface area contributed by atoms with Crippen molar-refractivity contribution in [2.45, 2.75) is 6.92 Å². The van der Waals surface area contributed by atoms with Crippen molar-refractivity contribution in [1.82, 2.24) is 9.13 Å². The third-order valence-corrected chi connectivity index (χ3v) is 11.3. The first-order valence-corrected chi connectivity index (χ1v) is 19.8. The Morgan fingerprint density at radius 3 is 1.74 bits per heavy atom. The Kier molecular flexibility index (Phi) is 8.89. The van der Waals surface area contributed by atoms with E-state index in [2.05, 4.69) is 234 Å². The van der Waals surface area contributed by atoms with Crippen LogP contribution in [0.4, 0.5) is 17.1 Å². The molecule has 3 nitrogen and oxygen atoms in total. The Bertz CT molecular complexity index is 3110. The van der Waals surface area contributed by atoms with Crippen molar-refractivity contribution < 1.29 is 0 Å². The highest BCUT2D eigenvalue weighted by Crippen LogP contribution is 2.44. The average molecular weight is 744 g/mol. The van der Waals surface area contributed by atoms with Crippen LogP contribution in [0.1, 0.15) is 11.3 Å². The zero-order chi connectivity index (χ0) is 39.0. The first-order valence-electron chi connectivity index (χ1n) is 19.8. The van der Waals surface area contributed by atoms with Crippen LogP contribution in [-0.2, 0) is 0 Å². The number of benzene rings is 8. The Morgan fingerprint density at radius 2 is 1.00 bits per heavy atom. The lowest BCUT2D eigenvalue weighted by molar-refractivity contribution is 1.10. The predicted octanol–water partition coefficient (Wildman–Crippen LogP) is 15.0. The smallest absolute Gasteiger partial charge is 0.0561 e. The first-order chi connectivity index (χ1) is 28.7. The van der Waals surface area contributed by atoms with Crippen molar-refractivity contribution in [3.8, 4) is 33.6 Å². The molecular formula is C55H41N3. The summed E-state index contributed by atoms with van der Waals surface area (Å²) in [5.41, 5.74) is 16.1. The number of hydrogen-bond acceptors (Lipinski definition) is 1. The van der Waals surface area contributed by atoms with E-state index >= 15 is 0 Å². The van der Waals surface area contributed by atoms with Crippen molar-refractivity contribution in [1.29, 1.82) is 0 Å². The Balaban J connectivity index is 1.20. The maximum Gasteiger partial charge on any atom is 0.0561 e. The highest BCUT2D eigenvalue weighted by atomic mass is 15.1. The van der Waals surface area contributed by atoms with Crippen molar-refractivity contribution in [3.05, 3.63) is 230 Å². The fraction of sp³-hybridized carbons (Fsp3) is 0.0182. The summed E-state index contributed by atoms with van der Waals surface area (Å²) in [7, 11) is 0. The molecule has 0 saturated carbocycles. The summed E-state index contributed by atoms with van der Waals surface area (Å²) in [6.45, 7) is 6.17. The van der Waals surface area contributed by atoms with Crippen LogP contribution in [0, 0.1) is 6.92 Å².